The molecule has 7 nitrogen and oxygen atoms in total. The van der Waals surface area contributed by atoms with Gasteiger partial charge in [0.15, 0.2) is 11.4 Å². The molecule has 1 fully saturated rings. The normalized spacial score (nSPS) is 13.8. The van der Waals surface area contributed by atoms with E-state index in [2.05, 4.69) is 15.0 Å². The number of aromatic nitrogens is 3. The van der Waals surface area contributed by atoms with Gasteiger partial charge in [-0.2, -0.15) is 13.2 Å². The van der Waals surface area contributed by atoms with Gasteiger partial charge in [0.2, 0.25) is 0 Å². The zero-order valence-electron chi connectivity index (χ0n) is 21.1. The van der Waals surface area contributed by atoms with Crippen molar-refractivity contribution < 1.29 is 32.2 Å². The van der Waals surface area contributed by atoms with Crippen molar-refractivity contribution in [3.8, 4) is 22.9 Å². The van der Waals surface area contributed by atoms with Crippen LogP contribution >= 0.6 is 0 Å². The zero-order chi connectivity index (χ0) is 26.8. The summed E-state index contributed by atoms with van der Waals surface area (Å²) in [4.78, 5) is 24.6. The largest absolute Gasteiger partial charge is 0.489 e. The minimum absolute atomic E-state index is 0.228. The van der Waals surface area contributed by atoms with Gasteiger partial charge in [-0.15, -0.1) is 0 Å². The molecular formula is C27H28F3N3O4. The molecule has 0 spiro atoms. The number of carbonyl (C=O) groups is 1. The summed E-state index contributed by atoms with van der Waals surface area (Å²) in [6, 6.07) is 7.56. The number of hydrogen-bond acceptors (Lipinski definition) is 7. The number of rotatable bonds is 9. The standard InChI is InChI=1S/C27H28F3N3O4/c1-5-35-25(34)26(3,4)37-21-10-9-20(12-16(21)2)36-15-19-14-32-24(33-23(19)17-6-7-17)18-8-11-22(31-13-18)27(28,29)30/h8-14,17H,5-7,15H2,1-4H3. The predicted molar refractivity (Wildman–Crippen MR) is 129 cm³/mol. The number of benzene rings is 1. The third-order valence-corrected chi connectivity index (χ3v) is 5.85. The van der Waals surface area contributed by atoms with Crippen molar-refractivity contribution in [1.82, 2.24) is 15.0 Å². The van der Waals surface area contributed by atoms with E-state index in [1.165, 1.54) is 6.07 Å². The van der Waals surface area contributed by atoms with E-state index < -0.39 is 23.4 Å². The van der Waals surface area contributed by atoms with Crippen molar-refractivity contribution in [2.24, 2.45) is 0 Å². The average Bonchev–Trinajstić information content (AvgIpc) is 3.69. The van der Waals surface area contributed by atoms with E-state index in [1.54, 1.807) is 39.1 Å². The van der Waals surface area contributed by atoms with Gasteiger partial charge >= 0.3 is 12.1 Å². The van der Waals surface area contributed by atoms with Crippen LogP contribution in [0, 0.1) is 6.92 Å². The molecule has 0 aliphatic heterocycles. The fourth-order valence-electron chi connectivity index (χ4n) is 3.68. The molecule has 0 atom stereocenters. The number of aryl methyl sites for hydroxylation is 1. The molecule has 1 saturated carbocycles. The van der Waals surface area contributed by atoms with Crippen LogP contribution in [-0.4, -0.2) is 33.1 Å². The van der Waals surface area contributed by atoms with Crippen molar-refractivity contribution in [1.29, 1.82) is 0 Å². The Hall–Kier alpha value is -3.69. The molecule has 0 bridgehead atoms. The summed E-state index contributed by atoms with van der Waals surface area (Å²) < 4.78 is 55.4. The minimum Gasteiger partial charge on any atom is -0.489 e. The van der Waals surface area contributed by atoms with Gasteiger partial charge in [0.1, 0.15) is 23.8 Å². The highest BCUT2D eigenvalue weighted by Crippen LogP contribution is 2.41. The lowest BCUT2D eigenvalue weighted by molar-refractivity contribution is -0.158. The Morgan fingerprint density at radius 2 is 1.84 bits per heavy atom. The molecule has 2 heterocycles. The van der Waals surface area contributed by atoms with E-state index in [0.717, 1.165) is 41.9 Å². The first-order valence-corrected chi connectivity index (χ1v) is 12.0. The SMILES string of the molecule is CCOC(=O)C(C)(C)Oc1ccc(OCc2cnc(-c3ccc(C(F)(F)F)nc3)nc2C2CC2)cc1C. The molecule has 0 saturated heterocycles. The maximum absolute atomic E-state index is 12.8. The molecule has 1 aromatic carbocycles. The van der Waals surface area contributed by atoms with Crippen LogP contribution in [0.2, 0.25) is 0 Å². The molecule has 37 heavy (non-hydrogen) atoms. The Morgan fingerprint density at radius 1 is 1.08 bits per heavy atom. The van der Waals surface area contributed by atoms with E-state index in [-0.39, 0.29) is 19.1 Å². The summed E-state index contributed by atoms with van der Waals surface area (Å²) in [5, 5.41) is 0. The number of hydrogen-bond donors (Lipinski definition) is 0. The lowest BCUT2D eigenvalue weighted by Crippen LogP contribution is -2.39. The summed E-state index contributed by atoms with van der Waals surface area (Å²) in [7, 11) is 0. The van der Waals surface area contributed by atoms with E-state index in [4.69, 9.17) is 14.2 Å². The number of nitrogens with zero attached hydrogens (tertiary/aromatic N) is 3. The summed E-state index contributed by atoms with van der Waals surface area (Å²) in [6.07, 6.45) is 0.256. The van der Waals surface area contributed by atoms with E-state index in [9.17, 15) is 18.0 Å². The van der Waals surface area contributed by atoms with Crippen molar-refractivity contribution >= 4 is 5.97 Å². The first-order chi connectivity index (χ1) is 17.5. The zero-order valence-corrected chi connectivity index (χ0v) is 21.1. The Bertz CT molecular complexity index is 1270. The molecule has 1 aliphatic rings. The molecular weight excluding hydrogens is 487 g/mol. The molecule has 0 N–H and O–H groups in total. The van der Waals surface area contributed by atoms with E-state index in [1.807, 2.05) is 13.0 Å². The lowest BCUT2D eigenvalue weighted by Gasteiger charge is -2.25. The number of alkyl halides is 3. The fraction of sp³-hybridized carbons (Fsp3) is 0.407. The van der Waals surface area contributed by atoms with Gasteiger partial charge in [-0.05, 0) is 76.4 Å². The molecule has 1 aliphatic carbocycles. The second-order valence-electron chi connectivity index (χ2n) is 9.36. The molecule has 196 valence electrons. The number of esters is 1. The highest BCUT2D eigenvalue weighted by molar-refractivity contribution is 5.79. The van der Waals surface area contributed by atoms with Crippen LogP contribution in [-0.2, 0) is 22.3 Å². The van der Waals surface area contributed by atoms with Crippen LogP contribution < -0.4 is 9.47 Å². The highest BCUT2D eigenvalue weighted by Gasteiger charge is 2.33. The Morgan fingerprint density at radius 3 is 2.43 bits per heavy atom. The van der Waals surface area contributed by atoms with Gasteiger partial charge < -0.3 is 14.2 Å². The highest BCUT2D eigenvalue weighted by atomic mass is 19.4. The summed E-state index contributed by atoms with van der Waals surface area (Å²) in [5.74, 6) is 1.30. The van der Waals surface area contributed by atoms with E-state index in [0.29, 0.717) is 22.9 Å². The molecule has 0 radical (unpaired) electrons. The van der Waals surface area contributed by atoms with Gasteiger partial charge in [-0.25, -0.2) is 14.8 Å². The first kappa shape index (κ1) is 26.4. The maximum atomic E-state index is 12.8. The summed E-state index contributed by atoms with van der Waals surface area (Å²) in [5.41, 5.74) is 0.757. The summed E-state index contributed by atoms with van der Waals surface area (Å²) >= 11 is 0. The quantitative estimate of drug-likeness (QED) is 0.321. The Kier molecular flexibility index (Phi) is 7.38. The number of ether oxygens (including phenoxy) is 3. The topological polar surface area (TPSA) is 83.4 Å². The number of carbonyl (C=O) groups excluding carboxylic acids is 1. The third kappa shape index (κ3) is 6.36. The van der Waals surface area contributed by atoms with Crippen LogP contribution in [0.25, 0.3) is 11.4 Å². The van der Waals surface area contributed by atoms with Crippen molar-refractivity contribution in [2.45, 2.75) is 64.8 Å². The van der Waals surface area contributed by atoms with E-state index >= 15 is 0 Å². The third-order valence-electron chi connectivity index (χ3n) is 5.85. The Labute approximate surface area is 213 Å². The van der Waals surface area contributed by atoms with Gasteiger partial charge in [0, 0.05) is 29.4 Å². The maximum Gasteiger partial charge on any atom is 0.433 e. The smallest absolute Gasteiger partial charge is 0.433 e. The van der Waals surface area contributed by atoms with Gasteiger partial charge in [0.05, 0.1) is 12.3 Å². The molecule has 10 heteroatoms. The van der Waals surface area contributed by atoms with Crippen LogP contribution in [0.1, 0.15) is 62.0 Å². The van der Waals surface area contributed by atoms with Crippen LogP contribution in [0.5, 0.6) is 11.5 Å². The molecule has 4 rings (SSSR count). The van der Waals surface area contributed by atoms with Crippen LogP contribution in [0.4, 0.5) is 13.2 Å². The van der Waals surface area contributed by atoms with Gasteiger partial charge in [-0.1, -0.05) is 0 Å². The lowest BCUT2D eigenvalue weighted by atomic mass is 10.1. The summed E-state index contributed by atoms with van der Waals surface area (Å²) in [6.45, 7) is 7.40. The number of pyridine rings is 1. The molecule has 0 unspecified atom stereocenters. The second-order valence-corrected chi connectivity index (χ2v) is 9.36. The molecule has 2 aromatic heterocycles. The number of halogens is 3. The Balaban J connectivity index is 1.47. The first-order valence-electron chi connectivity index (χ1n) is 12.0. The van der Waals surface area contributed by atoms with Gasteiger partial charge in [0.25, 0.3) is 0 Å². The predicted octanol–water partition coefficient (Wildman–Crippen LogP) is 6.04. The average molecular weight is 516 g/mol. The van der Waals surface area contributed by atoms with Crippen molar-refractivity contribution in [3.05, 3.63) is 65.2 Å². The van der Waals surface area contributed by atoms with Crippen molar-refractivity contribution in [2.75, 3.05) is 6.61 Å². The van der Waals surface area contributed by atoms with Crippen LogP contribution in [0.15, 0.2) is 42.7 Å². The monoisotopic (exact) mass is 515 g/mol. The molecule has 3 aromatic rings. The fourth-order valence-corrected chi connectivity index (χ4v) is 3.68. The van der Waals surface area contributed by atoms with Crippen molar-refractivity contribution in [3.63, 3.8) is 0 Å². The molecule has 0 amide bonds. The second kappa shape index (κ2) is 10.4. The minimum atomic E-state index is -4.50. The van der Waals surface area contributed by atoms with Gasteiger partial charge in [-0.3, -0.25) is 4.98 Å². The van der Waals surface area contributed by atoms with Crippen LogP contribution in [0.3, 0.4) is 0 Å².